The lowest BCUT2D eigenvalue weighted by Crippen LogP contribution is -2.28. The van der Waals surface area contributed by atoms with Crippen molar-refractivity contribution in [3.8, 4) is 11.5 Å². The Bertz CT molecular complexity index is 841. The van der Waals surface area contributed by atoms with Gasteiger partial charge in [0.05, 0.1) is 14.2 Å². The van der Waals surface area contributed by atoms with Crippen LogP contribution in [0.1, 0.15) is 38.3 Å². The SMILES string of the molecule is COc1ccc(CNC(=O)CC(=O)Nc2ccccc2C(C)(C)C)cc1OC. The quantitative estimate of drug-likeness (QED) is 0.715. The van der Waals surface area contributed by atoms with Gasteiger partial charge in [-0.15, -0.1) is 0 Å². The first-order chi connectivity index (χ1) is 13.2. The van der Waals surface area contributed by atoms with Gasteiger partial charge >= 0.3 is 0 Å². The molecule has 0 bridgehead atoms. The number of carbonyl (C=O) groups excluding carboxylic acids is 2. The molecule has 0 heterocycles. The van der Waals surface area contributed by atoms with Crippen molar-refractivity contribution < 1.29 is 19.1 Å². The van der Waals surface area contributed by atoms with Crippen molar-refractivity contribution in [1.82, 2.24) is 5.32 Å². The van der Waals surface area contributed by atoms with Crippen molar-refractivity contribution in [3.63, 3.8) is 0 Å². The largest absolute Gasteiger partial charge is 0.493 e. The highest BCUT2D eigenvalue weighted by Gasteiger charge is 2.19. The van der Waals surface area contributed by atoms with E-state index in [1.54, 1.807) is 26.4 Å². The molecule has 0 aliphatic heterocycles. The predicted molar refractivity (Wildman–Crippen MR) is 110 cm³/mol. The van der Waals surface area contributed by atoms with Crippen LogP contribution in [0.25, 0.3) is 0 Å². The maximum absolute atomic E-state index is 12.3. The van der Waals surface area contributed by atoms with Gasteiger partial charge < -0.3 is 20.1 Å². The van der Waals surface area contributed by atoms with Crippen molar-refractivity contribution in [2.75, 3.05) is 19.5 Å². The second kappa shape index (κ2) is 9.26. The zero-order valence-electron chi connectivity index (χ0n) is 17.1. The van der Waals surface area contributed by atoms with Gasteiger partial charge in [-0.25, -0.2) is 0 Å². The highest BCUT2D eigenvalue weighted by molar-refractivity contribution is 6.03. The molecule has 0 unspecified atom stereocenters. The van der Waals surface area contributed by atoms with E-state index in [0.717, 1.165) is 16.8 Å². The van der Waals surface area contributed by atoms with Crippen molar-refractivity contribution in [3.05, 3.63) is 53.6 Å². The van der Waals surface area contributed by atoms with Gasteiger partial charge in [0, 0.05) is 12.2 Å². The van der Waals surface area contributed by atoms with E-state index in [0.29, 0.717) is 18.0 Å². The summed E-state index contributed by atoms with van der Waals surface area (Å²) in [5.74, 6) is 0.516. The van der Waals surface area contributed by atoms with E-state index in [1.807, 2.05) is 30.3 Å². The summed E-state index contributed by atoms with van der Waals surface area (Å²) in [6.07, 6.45) is -0.244. The summed E-state index contributed by atoms with van der Waals surface area (Å²) in [5.41, 5.74) is 2.49. The molecule has 2 aromatic rings. The Hall–Kier alpha value is -3.02. The maximum Gasteiger partial charge on any atom is 0.233 e. The Kier molecular flexibility index (Phi) is 7.04. The van der Waals surface area contributed by atoms with E-state index in [9.17, 15) is 9.59 Å². The lowest BCUT2D eigenvalue weighted by atomic mass is 9.86. The number of methoxy groups -OCH3 is 2. The van der Waals surface area contributed by atoms with Crippen LogP contribution in [0.4, 0.5) is 5.69 Å². The Morgan fingerprint density at radius 2 is 1.61 bits per heavy atom. The standard InChI is InChI=1S/C22H28N2O4/c1-22(2,3)16-8-6-7-9-17(16)24-21(26)13-20(25)23-14-15-10-11-18(27-4)19(12-15)28-5/h6-12H,13-14H2,1-5H3,(H,23,25)(H,24,26). The minimum absolute atomic E-state index is 0.112. The van der Waals surface area contributed by atoms with Crippen LogP contribution >= 0.6 is 0 Å². The molecule has 0 spiro atoms. The number of rotatable bonds is 7. The molecule has 0 aromatic heterocycles. The summed E-state index contributed by atoms with van der Waals surface area (Å²) in [5, 5.41) is 5.60. The Balaban J connectivity index is 1.93. The fourth-order valence-corrected chi connectivity index (χ4v) is 2.84. The van der Waals surface area contributed by atoms with Crippen LogP contribution in [0.2, 0.25) is 0 Å². The summed E-state index contributed by atoms with van der Waals surface area (Å²) >= 11 is 0. The monoisotopic (exact) mass is 384 g/mol. The van der Waals surface area contributed by atoms with E-state index in [1.165, 1.54) is 0 Å². The molecule has 6 nitrogen and oxygen atoms in total. The van der Waals surface area contributed by atoms with Crippen molar-refractivity contribution in [2.24, 2.45) is 0 Å². The molecule has 2 aromatic carbocycles. The van der Waals surface area contributed by atoms with Gasteiger partial charge in [-0.1, -0.05) is 45.0 Å². The second-order valence-corrected chi connectivity index (χ2v) is 7.49. The first-order valence-electron chi connectivity index (χ1n) is 9.11. The number of anilines is 1. The number of hydrogen-bond donors (Lipinski definition) is 2. The molecule has 0 radical (unpaired) electrons. The van der Waals surface area contributed by atoms with E-state index < -0.39 is 0 Å². The molecule has 150 valence electrons. The molecule has 28 heavy (non-hydrogen) atoms. The molecule has 0 saturated carbocycles. The average Bonchev–Trinajstić information content (AvgIpc) is 2.65. The van der Waals surface area contributed by atoms with E-state index in [4.69, 9.17) is 9.47 Å². The number of amides is 2. The Morgan fingerprint density at radius 3 is 2.25 bits per heavy atom. The summed E-state index contributed by atoms with van der Waals surface area (Å²) in [6.45, 7) is 6.53. The van der Waals surface area contributed by atoms with Crippen LogP contribution in [0.3, 0.4) is 0 Å². The number of nitrogens with one attached hydrogen (secondary N) is 2. The Labute approximate surface area is 166 Å². The van der Waals surface area contributed by atoms with Crippen molar-refractivity contribution >= 4 is 17.5 Å². The highest BCUT2D eigenvalue weighted by atomic mass is 16.5. The highest BCUT2D eigenvalue weighted by Crippen LogP contribution is 2.29. The van der Waals surface area contributed by atoms with Gasteiger partial charge in [-0.3, -0.25) is 9.59 Å². The van der Waals surface area contributed by atoms with Gasteiger partial charge in [0.1, 0.15) is 6.42 Å². The summed E-state index contributed by atoms with van der Waals surface area (Å²) in [4.78, 5) is 24.4. The van der Waals surface area contributed by atoms with Gasteiger partial charge in [-0.05, 0) is 34.7 Å². The molecule has 2 N–H and O–H groups in total. The van der Waals surface area contributed by atoms with Crippen LogP contribution in [0.15, 0.2) is 42.5 Å². The van der Waals surface area contributed by atoms with Crippen LogP contribution in [0, 0.1) is 0 Å². The molecule has 0 aliphatic rings. The second-order valence-electron chi connectivity index (χ2n) is 7.49. The van der Waals surface area contributed by atoms with Crippen LogP contribution < -0.4 is 20.1 Å². The zero-order chi connectivity index (χ0) is 20.7. The summed E-state index contributed by atoms with van der Waals surface area (Å²) in [7, 11) is 3.12. The van der Waals surface area contributed by atoms with Gasteiger partial charge in [0.25, 0.3) is 0 Å². The van der Waals surface area contributed by atoms with E-state index in [-0.39, 0.29) is 23.7 Å². The summed E-state index contributed by atoms with van der Waals surface area (Å²) < 4.78 is 10.4. The first-order valence-corrected chi connectivity index (χ1v) is 9.11. The first kappa shape index (κ1) is 21.3. The molecular weight excluding hydrogens is 356 g/mol. The molecule has 6 heteroatoms. The molecular formula is C22H28N2O4. The van der Waals surface area contributed by atoms with E-state index in [2.05, 4.69) is 31.4 Å². The molecule has 2 amide bonds. The fraction of sp³-hybridized carbons (Fsp3) is 0.364. The van der Waals surface area contributed by atoms with Crippen molar-refractivity contribution in [2.45, 2.75) is 39.2 Å². The lowest BCUT2D eigenvalue weighted by molar-refractivity contribution is -0.126. The lowest BCUT2D eigenvalue weighted by Gasteiger charge is -2.23. The smallest absolute Gasteiger partial charge is 0.233 e. The van der Waals surface area contributed by atoms with Gasteiger partial charge in [0.2, 0.25) is 11.8 Å². The van der Waals surface area contributed by atoms with Crippen LogP contribution in [0.5, 0.6) is 11.5 Å². The third-order valence-corrected chi connectivity index (χ3v) is 4.27. The molecule has 2 rings (SSSR count). The van der Waals surface area contributed by atoms with Crippen LogP contribution in [-0.2, 0) is 21.5 Å². The number of ether oxygens (including phenoxy) is 2. The number of benzene rings is 2. The number of hydrogen-bond acceptors (Lipinski definition) is 4. The molecule has 0 atom stereocenters. The van der Waals surface area contributed by atoms with Crippen molar-refractivity contribution in [1.29, 1.82) is 0 Å². The minimum Gasteiger partial charge on any atom is -0.493 e. The normalized spacial score (nSPS) is 10.9. The summed E-state index contributed by atoms with van der Waals surface area (Å²) in [6, 6.07) is 13.0. The third kappa shape index (κ3) is 5.74. The molecule has 0 aliphatic carbocycles. The maximum atomic E-state index is 12.3. The number of carbonyl (C=O) groups is 2. The van der Waals surface area contributed by atoms with Gasteiger partial charge in [-0.2, -0.15) is 0 Å². The predicted octanol–water partition coefficient (Wildman–Crippen LogP) is 3.65. The average molecular weight is 384 g/mol. The molecule has 0 saturated heterocycles. The number of para-hydroxylation sites is 1. The van der Waals surface area contributed by atoms with Crippen LogP contribution in [-0.4, -0.2) is 26.0 Å². The third-order valence-electron chi connectivity index (χ3n) is 4.27. The zero-order valence-corrected chi connectivity index (χ0v) is 17.1. The Morgan fingerprint density at radius 1 is 0.929 bits per heavy atom. The fourth-order valence-electron chi connectivity index (χ4n) is 2.84. The molecule has 0 fully saturated rings. The minimum atomic E-state index is -0.347. The van der Waals surface area contributed by atoms with Gasteiger partial charge in [0.15, 0.2) is 11.5 Å². The topological polar surface area (TPSA) is 76.7 Å². The van der Waals surface area contributed by atoms with E-state index >= 15 is 0 Å².